The summed E-state index contributed by atoms with van der Waals surface area (Å²) in [7, 11) is 0. The Hall–Kier alpha value is -3.89. The Morgan fingerprint density at radius 3 is 2.14 bits per heavy atom. The van der Waals surface area contributed by atoms with E-state index in [0.717, 1.165) is 23.1 Å². The molecule has 4 aromatic carbocycles. The summed E-state index contributed by atoms with van der Waals surface area (Å²) in [5.41, 5.74) is 6.31. The van der Waals surface area contributed by atoms with Crippen molar-refractivity contribution < 1.29 is 0 Å². The van der Waals surface area contributed by atoms with Crippen LogP contribution in [0.25, 0.3) is 11.1 Å². The first-order chi connectivity index (χ1) is 17.6. The molecule has 1 N–H and O–H groups in total. The van der Waals surface area contributed by atoms with Gasteiger partial charge in [-0.3, -0.25) is 0 Å². The molecule has 0 bridgehead atoms. The van der Waals surface area contributed by atoms with Crippen molar-refractivity contribution in [2.24, 2.45) is 0 Å². The minimum absolute atomic E-state index is 0.0433. The molecule has 178 valence electrons. The van der Waals surface area contributed by atoms with Gasteiger partial charge in [0.15, 0.2) is 0 Å². The molecule has 4 aromatic rings. The van der Waals surface area contributed by atoms with Crippen LogP contribution in [-0.2, 0) is 6.42 Å². The molecule has 0 spiro atoms. The Kier molecular flexibility index (Phi) is 8.53. The highest BCUT2D eigenvalue weighted by Gasteiger charge is 2.24. The first-order valence-electron chi connectivity index (χ1n) is 12.1. The number of halogens is 1. The van der Waals surface area contributed by atoms with E-state index in [4.69, 9.17) is 11.6 Å². The van der Waals surface area contributed by atoms with Gasteiger partial charge in [0.2, 0.25) is 0 Å². The first-order valence-corrected chi connectivity index (χ1v) is 12.5. The summed E-state index contributed by atoms with van der Waals surface area (Å²) in [6, 6.07) is 39.0. The number of hydrogen-bond donors (Lipinski definition) is 1. The van der Waals surface area contributed by atoms with Crippen molar-refractivity contribution in [1.29, 1.82) is 10.5 Å². The average Bonchev–Trinajstić information content (AvgIpc) is 2.93. The molecule has 0 fully saturated rings. The van der Waals surface area contributed by atoms with Crippen molar-refractivity contribution in [2.75, 3.05) is 0 Å². The standard InChI is InChI=1S/C32H28ClN3/c1-23(31(21-24-10-16-30(33)17-11-24)29-9-5-6-25(20-29)22-35)36-32(18-19-34)28-14-12-27(13-15-28)26-7-3-2-4-8-26/h2-17,20,23,31-32,36H,18,21H2,1H3/t23?,31?,32-/m0/s1. The van der Waals surface area contributed by atoms with Crippen molar-refractivity contribution in [3.05, 3.63) is 130 Å². The number of hydrogen-bond acceptors (Lipinski definition) is 3. The highest BCUT2D eigenvalue weighted by molar-refractivity contribution is 6.30. The Labute approximate surface area is 218 Å². The normalized spacial score (nSPS) is 13.2. The van der Waals surface area contributed by atoms with E-state index in [1.54, 1.807) is 0 Å². The van der Waals surface area contributed by atoms with E-state index >= 15 is 0 Å². The molecule has 0 radical (unpaired) electrons. The van der Waals surface area contributed by atoms with Gasteiger partial charge in [0.25, 0.3) is 0 Å². The van der Waals surface area contributed by atoms with Crippen LogP contribution >= 0.6 is 11.6 Å². The average molecular weight is 490 g/mol. The van der Waals surface area contributed by atoms with Crippen LogP contribution in [0.15, 0.2) is 103 Å². The summed E-state index contributed by atoms with van der Waals surface area (Å²) in [6.45, 7) is 2.16. The van der Waals surface area contributed by atoms with Crippen LogP contribution in [0.2, 0.25) is 5.02 Å². The van der Waals surface area contributed by atoms with Gasteiger partial charge in [-0.1, -0.05) is 90.5 Å². The molecule has 3 nitrogen and oxygen atoms in total. The Bertz CT molecular complexity index is 1350. The molecule has 3 atom stereocenters. The van der Waals surface area contributed by atoms with Crippen molar-refractivity contribution in [3.63, 3.8) is 0 Å². The molecule has 0 aromatic heterocycles. The largest absolute Gasteiger partial charge is 0.306 e. The molecule has 0 heterocycles. The fourth-order valence-electron chi connectivity index (χ4n) is 4.63. The third-order valence-corrected chi connectivity index (χ3v) is 6.85. The highest BCUT2D eigenvalue weighted by Crippen LogP contribution is 2.29. The summed E-state index contributed by atoms with van der Waals surface area (Å²) in [5.74, 6) is 0.101. The van der Waals surface area contributed by atoms with E-state index in [2.05, 4.69) is 66.8 Å². The van der Waals surface area contributed by atoms with Crippen LogP contribution in [-0.4, -0.2) is 6.04 Å². The molecule has 0 saturated heterocycles. The quantitative estimate of drug-likeness (QED) is 0.260. The minimum Gasteiger partial charge on any atom is -0.306 e. The molecule has 2 unspecified atom stereocenters. The lowest BCUT2D eigenvalue weighted by Gasteiger charge is -2.30. The molecular formula is C32H28ClN3. The number of nitriles is 2. The number of benzene rings is 4. The van der Waals surface area contributed by atoms with Gasteiger partial charge in [-0.25, -0.2) is 0 Å². The van der Waals surface area contributed by atoms with Crippen LogP contribution in [0.5, 0.6) is 0 Å². The van der Waals surface area contributed by atoms with E-state index in [1.807, 2.05) is 60.7 Å². The molecule has 0 amide bonds. The van der Waals surface area contributed by atoms with Gasteiger partial charge in [-0.15, -0.1) is 0 Å². The molecular weight excluding hydrogens is 462 g/mol. The molecule has 4 rings (SSSR count). The third kappa shape index (κ3) is 6.41. The van der Waals surface area contributed by atoms with Crippen molar-refractivity contribution in [1.82, 2.24) is 5.32 Å². The minimum atomic E-state index is -0.110. The summed E-state index contributed by atoms with van der Waals surface area (Å²) < 4.78 is 0. The van der Waals surface area contributed by atoms with Crippen molar-refractivity contribution >= 4 is 11.6 Å². The molecule has 0 aliphatic heterocycles. The molecule has 36 heavy (non-hydrogen) atoms. The van der Waals surface area contributed by atoms with E-state index in [1.165, 1.54) is 11.1 Å². The van der Waals surface area contributed by atoms with Crippen LogP contribution in [0.3, 0.4) is 0 Å². The second-order valence-electron chi connectivity index (χ2n) is 9.03. The topological polar surface area (TPSA) is 59.6 Å². The van der Waals surface area contributed by atoms with Gasteiger partial charge in [0.1, 0.15) is 0 Å². The van der Waals surface area contributed by atoms with Gasteiger partial charge >= 0.3 is 0 Å². The second-order valence-corrected chi connectivity index (χ2v) is 9.47. The maximum atomic E-state index is 9.59. The van der Waals surface area contributed by atoms with E-state index in [0.29, 0.717) is 17.0 Å². The monoisotopic (exact) mass is 489 g/mol. The maximum absolute atomic E-state index is 9.59. The number of nitrogens with one attached hydrogen (secondary N) is 1. The van der Waals surface area contributed by atoms with Crippen LogP contribution in [0.4, 0.5) is 0 Å². The van der Waals surface area contributed by atoms with Crippen molar-refractivity contribution in [3.8, 4) is 23.3 Å². The zero-order valence-electron chi connectivity index (χ0n) is 20.2. The zero-order valence-corrected chi connectivity index (χ0v) is 21.0. The lowest BCUT2D eigenvalue weighted by atomic mass is 9.85. The Morgan fingerprint density at radius 1 is 0.778 bits per heavy atom. The SMILES string of the molecule is CC(N[C@@H](CC#N)c1ccc(-c2ccccc2)cc1)C(Cc1ccc(Cl)cc1)c1cccc(C#N)c1. The molecule has 4 heteroatoms. The predicted molar refractivity (Wildman–Crippen MR) is 147 cm³/mol. The summed E-state index contributed by atoms with van der Waals surface area (Å²) >= 11 is 6.11. The molecule has 0 aliphatic rings. The maximum Gasteiger partial charge on any atom is 0.0991 e. The van der Waals surface area contributed by atoms with Crippen LogP contribution in [0.1, 0.15) is 47.6 Å². The molecule has 0 saturated carbocycles. The van der Waals surface area contributed by atoms with Gasteiger partial charge in [-0.2, -0.15) is 10.5 Å². The highest BCUT2D eigenvalue weighted by atomic mass is 35.5. The Morgan fingerprint density at radius 2 is 1.47 bits per heavy atom. The van der Waals surface area contributed by atoms with Crippen molar-refractivity contribution in [2.45, 2.75) is 37.8 Å². The second kappa shape index (κ2) is 12.2. The smallest absolute Gasteiger partial charge is 0.0991 e. The fraction of sp³-hybridized carbons (Fsp3) is 0.188. The number of rotatable bonds is 9. The van der Waals surface area contributed by atoms with E-state index in [9.17, 15) is 10.5 Å². The van der Waals surface area contributed by atoms with E-state index < -0.39 is 0 Å². The summed E-state index contributed by atoms with van der Waals surface area (Å²) in [6.07, 6.45) is 1.15. The predicted octanol–water partition coefficient (Wildman–Crippen LogP) is 7.84. The van der Waals surface area contributed by atoms with Crippen LogP contribution in [0, 0.1) is 22.7 Å². The number of nitrogens with zero attached hydrogens (tertiary/aromatic N) is 2. The van der Waals surface area contributed by atoms with Gasteiger partial charge in [0.05, 0.1) is 24.1 Å². The van der Waals surface area contributed by atoms with Gasteiger partial charge in [-0.05, 0) is 65.4 Å². The van der Waals surface area contributed by atoms with Crippen LogP contribution < -0.4 is 5.32 Å². The first kappa shape index (κ1) is 25.2. The molecule has 0 aliphatic carbocycles. The lowest BCUT2D eigenvalue weighted by Crippen LogP contribution is -2.36. The summed E-state index contributed by atoms with van der Waals surface area (Å²) in [4.78, 5) is 0. The third-order valence-electron chi connectivity index (χ3n) is 6.60. The lowest BCUT2D eigenvalue weighted by molar-refractivity contribution is 0.401. The van der Waals surface area contributed by atoms with Gasteiger partial charge < -0.3 is 5.32 Å². The van der Waals surface area contributed by atoms with Gasteiger partial charge in [0, 0.05) is 23.0 Å². The fourth-order valence-corrected chi connectivity index (χ4v) is 4.76. The zero-order chi connectivity index (χ0) is 25.3. The summed E-state index contributed by atoms with van der Waals surface area (Å²) in [5, 5.41) is 23.5. The Balaban J connectivity index is 1.59. The van der Waals surface area contributed by atoms with E-state index in [-0.39, 0.29) is 18.0 Å².